The van der Waals surface area contributed by atoms with E-state index >= 15 is 0 Å². The first-order valence-corrected chi connectivity index (χ1v) is 17.9. The van der Waals surface area contributed by atoms with Gasteiger partial charge < -0.3 is 8.47 Å². The third kappa shape index (κ3) is 4.05. The van der Waals surface area contributed by atoms with Crippen molar-refractivity contribution in [2.75, 3.05) is 0 Å². The van der Waals surface area contributed by atoms with Crippen LogP contribution in [-0.2, 0) is 0 Å². The molecule has 0 aliphatic heterocycles. The van der Waals surface area contributed by atoms with E-state index in [-0.39, 0.29) is 0 Å². The van der Waals surface area contributed by atoms with E-state index in [1.54, 1.807) is 0 Å². The van der Waals surface area contributed by atoms with Crippen LogP contribution in [0.4, 0.5) is 0 Å². The topological polar surface area (TPSA) is 48.5 Å². The second-order valence-electron chi connectivity index (χ2n) is 12.1. The smallest absolute Gasteiger partial charge is 0.340 e. The number of aryl methyl sites for hydroxylation is 2. The van der Waals surface area contributed by atoms with Crippen LogP contribution in [0.25, 0.3) is 55.0 Å². The standard InChI is InChI=1S/C41H31N5Si/c1-28-42-29(2)44-41(43-28)30-15-14-18-32(27-30)47(31-16-4-3-5-17-31,45-37-23-10-6-19-33(37)34-20-7-11-24-38(34)45)46-39-25-12-8-21-35(39)36-22-9-13-26-40(36)46/h3-27H,1-2H3. The summed E-state index contributed by atoms with van der Waals surface area (Å²) in [4.78, 5) is 14.1. The minimum absolute atomic E-state index is 0.692. The Morgan fingerprint density at radius 3 is 1.28 bits per heavy atom. The molecule has 0 atom stereocenters. The van der Waals surface area contributed by atoms with Crippen molar-refractivity contribution in [3.63, 3.8) is 0 Å². The van der Waals surface area contributed by atoms with Gasteiger partial charge in [0.15, 0.2) is 5.82 Å². The summed E-state index contributed by atoms with van der Waals surface area (Å²) in [6.07, 6.45) is 0. The highest BCUT2D eigenvalue weighted by Crippen LogP contribution is 2.37. The first-order chi connectivity index (χ1) is 23.1. The third-order valence-electron chi connectivity index (χ3n) is 9.37. The molecule has 0 spiro atoms. The van der Waals surface area contributed by atoms with Gasteiger partial charge in [-0.05, 0) is 54.6 Å². The number of benzene rings is 6. The summed E-state index contributed by atoms with van der Waals surface area (Å²) in [5, 5.41) is 7.49. The first kappa shape index (κ1) is 27.5. The lowest BCUT2D eigenvalue weighted by molar-refractivity contribution is 0.928. The summed E-state index contributed by atoms with van der Waals surface area (Å²) in [5.74, 6) is 2.13. The van der Waals surface area contributed by atoms with Crippen molar-refractivity contribution in [3.8, 4) is 11.4 Å². The van der Waals surface area contributed by atoms with Gasteiger partial charge in [0.1, 0.15) is 11.6 Å². The number of hydrogen-bond acceptors (Lipinski definition) is 3. The Kier molecular flexibility index (Phi) is 6.20. The highest BCUT2D eigenvalue weighted by atomic mass is 28.3. The molecule has 0 fully saturated rings. The van der Waals surface area contributed by atoms with Gasteiger partial charge in [-0.2, -0.15) is 0 Å². The Bertz CT molecular complexity index is 2380. The van der Waals surface area contributed by atoms with Crippen molar-refractivity contribution in [1.29, 1.82) is 0 Å². The van der Waals surface area contributed by atoms with Gasteiger partial charge in [0.25, 0.3) is 0 Å². The number of para-hydroxylation sites is 4. The molecule has 9 aromatic rings. The van der Waals surface area contributed by atoms with E-state index in [1.165, 1.54) is 54.0 Å². The number of nitrogens with zero attached hydrogens (tertiary/aromatic N) is 5. The maximum Gasteiger partial charge on any atom is 0.340 e. The molecular weight excluding hydrogens is 591 g/mol. The Hall–Kier alpha value is -5.85. The SMILES string of the molecule is Cc1nc(C)nc(-c2cccc([Si](c3ccccc3)(n3c4ccccc4c4ccccc43)n3c4ccccc4c4ccccc43)c2)n1. The largest absolute Gasteiger partial charge is 0.342 e. The average molecular weight is 622 g/mol. The number of fused-ring (bicyclic) bond motifs is 6. The number of rotatable bonds is 5. The molecule has 47 heavy (non-hydrogen) atoms. The Balaban J connectivity index is 1.55. The molecule has 6 heteroatoms. The number of hydrogen-bond donors (Lipinski definition) is 0. The van der Waals surface area contributed by atoms with Crippen LogP contribution in [0.2, 0.25) is 0 Å². The van der Waals surface area contributed by atoms with Crippen molar-refractivity contribution in [2.45, 2.75) is 13.8 Å². The van der Waals surface area contributed by atoms with E-state index < -0.39 is 8.40 Å². The van der Waals surface area contributed by atoms with Gasteiger partial charge >= 0.3 is 8.40 Å². The zero-order valence-corrected chi connectivity index (χ0v) is 27.2. The van der Waals surface area contributed by atoms with E-state index in [2.05, 4.69) is 165 Å². The van der Waals surface area contributed by atoms with E-state index in [0.29, 0.717) is 17.5 Å². The summed E-state index contributed by atoms with van der Waals surface area (Å²) in [6.45, 7) is 3.86. The molecule has 0 aliphatic rings. The monoisotopic (exact) mass is 621 g/mol. The summed E-state index contributed by atoms with van der Waals surface area (Å²) < 4.78 is 5.38. The van der Waals surface area contributed by atoms with E-state index in [0.717, 1.165) is 5.56 Å². The second kappa shape index (κ2) is 10.6. The normalized spacial score (nSPS) is 12.0. The van der Waals surface area contributed by atoms with E-state index in [9.17, 15) is 0 Å². The van der Waals surface area contributed by atoms with Gasteiger partial charge in [-0.1, -0.05) is 121 Å². The molecule has 6 aromatic carbocycles. The predicted molar refractivity (Wildman–Crippen MR) is 196 cm³/mol. The summed E-state index contributed by atoms with van der Waals surface area (Å²) in [7, 11) is -3.28. The molecule has 0 amide bonds. The molecule has 224 valence electrons. The predicted octanol–water partition coefficient (Wildman–Crippen LogP) is 8.02. The van der Waals surface area contributed by atoms with Crippen LogP contribution in [0.3, 0.4) is 0 Å². The highest BCUT2D eigenvalue weighted by Gasteiger charge is 2.47. The Morgan fingerprint density at radius 1 is 0.404 bits per heavy atom. The van der Waals surface area contributed by atoms with E-state index in [4.69, 9.17) is 9.97 Å². The van der Waals surface area contributed by atoms with Crippen LogP contribution in [0, 0.1) is 13.8 Å². The lowest BCUT2D eigenvalue weighted by Crippen LogP contribution is -2.69. The van der Waals surface area contributed by atoms with Crippen molar-refractivity contribution >= 4 is 62.4 Å². The van der Waals surface area contributed by atoms with Crippen LogP contribution >= 0.6 is 0 Å². The van der Waals surface area contributed by atoms with Gasteiger partial charge in [-0.15, -0.1) is 0 Å². The molecular formula is C41H31N5Si. The van der Waals surface area contributed by atoms with Gasteiger partial charge in [-0.25, -0.2) is 15.0 Å². The van der Waals surface area contributed by atoms with Crippen molar-refractivity contribution in [1.82, 2.24) is 23.4 Å². The fraction of sp³-hybridized carbons (Fsp3) is 0.0488. The fourth-order valence-corrected chi connectivity index (χ4v) is 12.7. The molecule has 5 nitrogen and oxygen atoms in total. The molecule has 0 unspecified atom stereocenters. The van der Waals surface area contributed by atoms with Crippen LogP contribution in [0.1, 0.15) is 11.6 Å². The van der Waals surface area contributed by atoms with Crippen molar-refractivity contribution < 1.29 is 0 Å². The van der Waals surface area contributed by atoms with Crippen LogP contribution in [-0.4, -0.2) is 31.8 Å². The summed E-state index contributed by atoms with van der Waals surface area (Å²) in [5.41, 5.74) is 5.82. The molecule has 3 heterocycles. The van der Waals surface area contributed by atoms with Crippen LogP contribution in [0.5, 0.6) is 0 Å². The van der Waals surface area contributed by atoms with Crippen molar-refractivity contribution in [3.05, 3.63) is 163 Å². The average Bonchev–Trinajstić information content (AvgIpc) is 3.63. The van der Waals surface area contributed by atoms with Gasteiger partial charge in [0.05, 0.1) is 0 Å². The van der Waals surface area contributed by atoms with Crippen LogP contribution in [0.15, 0.2) is 152 Å². The molecule has 0 radical (unpaired) electrons. The summed E-state index contributed by atoms with van der Waals surface area (Å²) >= 11 is 0. The molecule has 0 N–H and O–H groups in total. The van der Waals surface area contributed by atoms with Crippen LogP contribution < -0.4 is 10.4 Å². The van der Waals surface area contributed by atoms with Gasteiger partial charge in [-0.3, -0.25) is 0 Å². The minimum Gasteiger partial charge on any atom is -0.342 e. The second-order valence-corrected chi connectivity index (χ2v) is 15.5. The highest BCUT2D eigenvalue weighted by molar-refractivity contribution is 7.01. The molecule has 0 saturated heterocycles. The van der Waals surface area contributed by atoms with Crippen molar-refractivity contribution in [2.24, 2.45) is 0 Å². The maximum atomic E-state index is 4.80. The lowest BCUT2D eigenvalue weighted by Gasteiger charge is -2.38. The molecule has 9 rings (SSSR count). The lowest BCUT2D eigenvalue weighted by atomic mass is 10.2. The Labute approximate surface area is 273 Å². The summed E-state index contributed by atoms with van der Waals surface area (Å²) in [6, 6.07) is 55.5. The quantitative estimate of drug-likeness (QED) is 0.183. The molecule has 0 aliphatic carbocycles. The minimum atomic E-state index is -3.28. The fourth-order valence-electron chi connectivity index (χ4n) is 7.62. The zero-order chi connectivity index (χ0) is 31.5. The molecule has 3 aromatic heterocycles. The maximum absolute atomic E-state index is 4.80. The Morgan fingerprint density at radius 2 is 0.809 bits per heavy atom. The number of aromatic nitrogens is 5. The molecule has 0 saturated carbocycles. The van der Waals surface area contributed by atoms with Gasteiger partial charge in [0, 0.05) is 49.2 Å². The first-order valence-electron chi connectivity index (χ1n) is 16.0. The third-order valence-corrected chi connectivity index (χ3v) is 13.9. The van der Waals surface area contributed by atoms with E-state index in [1.807, 2.05) is 13.8 Å². The zero-order valence-electron chi connectivity index (χ0n) is 26.2. The molecule has 0 bridgehead atoms. The van der Waals surface area contributed by atoms with Gasteiger partial charge in [0.2, 0.25) is 0 Å².